The Kier molecular flexibility index (Phi) is 6.15. The lowest BCUT2D eigenvalue weighted by Gasteiger charge is -2.18. The van der Waals surface area contributed by atoms with Crippen molar-refractivity contribution < 1.29 is 23.9 Å². The molecule has 0 bridgehead atoms. The van der Waals surface area contributed by atoms with Gasteiger partial charge in [-0.15, -0.1) is 0 Å². The zero-order chi connectivity index (χ0) is 18.4. The van der Waals surface area contributed by atoms with Crippen molar-refractivity contribution in [1.82, 2.24) is 5.32 Å². The molecule has 2 N–H and O–H groups in total. The van der Waals surface area contributed by atoms with Crippen molar-refractivity contribution in [3.05, 3.63) is 28.3 Å². The number of methoxy groups -OCH3 is 1. The summed E-state index contributed by atoms with van der Waals surface area (Å²) in [6.45, 7) is 3.52. The highest BCUT2D eigenvalue weighted by Crippen LogP contribution is 2.22. The quantitative estimate of drug-likeness (QED) is 0.433. The second kappa shape index (κ2) is 8.32. The molecule has 2 rings (SSSR count). The lowest BCUT2D eigenvalue weighted by Crippen LogP contribution is -2.37. The Morgan fingerprint density at radius 2 is 2.32 bits per heavy atom. The van der Waals surface area contributed by atoms with Gasteiger partial charge in [-0.1, -0.05) is 18.5 Å². The molecule has 9 heteroatoms. The number of aliphatic imine (C=N–C) groups is 1. The molecule has 2 atom stereocenters. The van der Waals surface area contributed by atoms with Gasteiger partial charge >= 0.3 is 5.63 Å². The summed E-state index contributed by atoms with van der Waals surface area (Å²) in [6.07, 6.45) is 1.33. The third-order valence-corrected chi connectivity index (χ3v) is 3.65. The van der Waals surface area contributed by atoms with E-state index in [9.17, 15) is 9.59 Å². The molecule has 9 nitrogen and oxygen atoms in total. The van der Waals surface area contributed by atoms with Crippen LogP contribution in [0.25, 0.3) is 0 Å². The normalized spacial score (nSPS) is 18.3. The van der Waals surface area contributed by atoms with Gasteiger partial charge in [-0.2, -0.15) is 0 Å². The second-order valence-electron chi connectivity index (χ2n) is 5.51. The van der Waals surface area contributed by atoms with E-state index in [4.69, 9.17) is 19.1 Å². The fraction of sp³-hybridized carbons (Fsp3) is 0.500. The van der Waals surface area contributed by atoms with Crippen molar-refractivity contribution >= 4 is 17.5 Å². The molecule has 25 heavy (non-hydrogen) atoms. The van der Waals surface area contributed by atoms with Gasteiger partial charge in [0.25, 0.3) is 0 Å². The zero-order valence-electron chi connectivity index (χ0n) is 14.3. The summed E-state index contributed by atoms with van der Waals surface area (Å²) in [4.78, 5) is 28.2. The van der Waals surface area contributed by atoms with Crippen LogP contribution in [0.2, 0.25) is 0 Å². The van der Waals surface area contributed by atoms with Crippen LogP contribution in [0.1, 0.15) is 38.5 Å². The highest BCUT2D eigenvalue weighted by Gasteiger charge is 2.29. The van der Waals surface area contributed by atoms with Crippen molar-refractivity contribution in [2.24, 2.45) is 10.1 Å². The summed E-state index contributed by atoms with van der Waals surface area (Å²) in [7, 11) is 1.45. The molecule has 2 heterocycles. The molecule has 0 aromatic carbocycles. The van der Waals surface area contributed by atoms with Crippen LogP contribution < -0.4 is 15.7 Å². The van der Waals surface area contributed by atoms with Gasteiger partial charge in [0.2, 0.25) is 11.8 Å². The Morgan fingerprint density at radius 3 is 2.96 bits per heavy atom. The van der Waals surface area contributed by atoms with E-state index in [2.05, 4.69) is 15.5 Å². The molecular formula is C16H21N3O6. The van der Waals surface area contributed by atoms with E-state index in [0.29, 0.717) is 17.9 Å². The van der Waals surface area contributed by atoms with Gasteiger partial charge < -0.3 is 24.4 Å². The number of carbonyl (C=O) groups excluding carboxylic acids is 1. The SMILES string of the molecule is CCCC(NC(=O)C1COC(/C(C)=N/O)=N1)c1cc(OC)cc(=O)o1. The van der Waals surface area contributed by atoms with Crippen LogP contribution in [0.3, 0.4) is 0 Å². The Morgan fingerprint density at radius 1 is 1.56 bits per heavy atom. The molecule has 0 aliphatic carbocycles. The zero-order valence-corrected chi connectivity index (χ0v) is 14.3. The fourth-order valence-electron chi connectivity index (χ4n) is 2.35. The number of nitrogens with one attached hydrogen (secondary N) is 1. The first-order chi connectivity index (χ1) is 12.0. The van der Waals surface area contributed by atoms with Crippen LogP contribution in [0.15, 0.2) is 31.5 Å². The van der Waals surface area contributed by atoms with E-state index in [1.807, 2.05) is 6.92 Å². The lowest BCUT2D eigenvalue weighted by atomic mass is 10.1. The molecule has 0 fully saturated rings. The van der Waals surface area contributed by atoms with Crippen LogP contribution in [0.5, 0.6) is 5.75 Å². The summed E-state index contributed by atoms with van der Waals surface area (Å²) >= 11 is 0. The van der Waals surface area contributed by atoms with E-state index in [1.165, 1.54) is 20.1 Å². The molecule has 1 aromatic rings. The third-order valence-electron chi connectivity index (χ3n) is 3.65. The number of amides is 1. The molecule has 1 aromatic heterocycles. The minimum Gasteiger partial charge on any atom is -0.496 e. The average molecular weight is 351 g/mol. The molecule has 1 amide bonds. The Balaban J connectivity index is 2.17. The smallest absolute Gasteiger partial charge is 0.339 e. The van der Waals surface area contributed by atoms with E-state index in [-0.39, 0.29) is 24.1 Å². The third kappa shape index (κ3) is 4.59. The number of nitrogens with zero attached hydrogens (tertiary/aromatic N) is 2. The second-order valence-corrected chi connectivity index (χ2v) is 5.51. The summed E-state index contributed by atoms with van der Waals surface area (Å²) in [5.41, 5.74) is -0.358. The largest absolute Gasteiger partial charge is 0.496 e. The van der Waals surface area contributed by atoms with Crippen molar-refractivity contribution in [2.75, 3.05) is 13.7 Å². The van der Waals surface area contributed by atoms with Crippen LogP contribution in [0, 0.1) is 0 Å². The van der Waals surface area contributed by atoms with Gasteiger partial charge in [0.15, 0.2) is 6.04 Å². The molecule has 0 saturated heterocycles. The van der Waals surface area contributed by atoms with Gasteiger partial charge in [0.05, 0.1) is 19.2 Å². The van der Waals surface area contributed by atoms with Crippen LogP contribution in [0.4, 0.5) is 0 Å². The number of hydrogen-bond donors (Lipinski definition) is 2. The molecule has 2 unspecified atom stereocenters. The monoisotopic (exact) mass is 351 g/mol. The van der Waals surface area contributed by atoms with E-state index < -0.39 is 17.7 Å². The van der Waals surface area contributed by atoms with Gasteiger partial charge in [-0.05, 0) is 13.3 Å². The van der Waals surface area contributed by atoms with Crippen molar-refractivity contribution in [1.29, 1.82) is 0 Å². The first-order valence-electron chi connectivity index (χ1n) is 7.87. The van der Waals surface area contributed by atoms with Crippen molar-refractivity contribution in [2.45, 2.75) is 38.8 Å². The molecule has 1 aliphatic heterocycles. The number of rotatable bonds is 7. The Hall–Kier alpha value is -2.84. The predicted molar refractivity (Wildman–Crippen MR) is 89.4 cm³/mol. The number of hydrogen-bond acceptors (Lipinski definition) is 8. The summed E-state index contributed by atoms with van der Waals surface area (Å²) in [5.74, 6) is 0.434. The van der Waals surface area contributed by atoms with Crippen LogP contribution >= 0.6 is 0 Å². The first kappa shape index (κ1) is 18.5. The Labute approximate surface area is 144 Å². The maximum atomic E-state index is 12.4. The molecule has 0 spiro atoms. The molecule has 0 radical (unpaired) electrons. The number of oxime groups is 1. The molecule has 0 saturated carbocycles. The minimum absolute atomic E-state index is 0.0505. The maximum absolute atomic E-state index is 12.4. The molecule has 136 valence electrons. The fourth-order valence-corrected chi connectivity index (χ4v) is 2.35. The van der Waals surface area contributed by atoms with E-state index in [1.54, 1.807) is 6.07 Å². The standard InChI is InChI=1S/C16H21N3O6/c1-4-5-11(13-6-10(23-3)7-14(20)25-13)17-15(21)12-8-24-16(18-12)9(2)19-22/h6-7,11-12,22H,4-5,8H2,1-3H3,(H,17,21)/b19-9+. The summed E-state index contributed by atoms with van der Waals surface area (Å²) < 4.78 is 15.5. The van der Waals surface area contributed by atoms with E-state index >= 15 is 0 Å². The average Bonchev–Trinajstić information content (AvgIpc) is 3.10. The predicted octanol–water partition coefficient (Wildman–Crippen LogP) is 1.25. The number of carbonyl (C=O) groups is 1. The van der Waals surface area contributed by atoms with Gasteiger partial charge in [-0.3, -0.25) is 4.79 Å². The minimum atomic E-state index is -0.761. The molecular weight excluding hydrogens is 330 g/mol. The highest BCUT2D eigenvalue weighted by atomic mass is 16.5. The summed E-state index contributed by atoms with van der Waals surface area (Å²) in [5, 5.41) is 14.5. The van der Waals surface area contributed by atoms with E-state index in [0.717, 1.165) is 6.42 Å². The van der Waals surface area contributed by atoms with Crippen LogP contribution in [-0.4, -0.2) is 42.5 Å². The molecule has 1 aliphatic rings. The lowest BCUT2D eigenvalue weighted by molar-refractivity contribution is -0.123. The van der Waals surface area contributed by atoms with Crippen LogP contribution in [-0.2, 0) is 9.53 Å². The van der Waals surface area contributed by atoms with Gasteiger partial charge in [0, 0.05) is 6.07 Å². The van der Waals surface area contributed by atoms with Gasteiger partial charge in [0.1, 0.15) is 23.8 Å². The van der Waals surface area contributed by atoms with Gasteiger partial charge in [-0.25, -0.2) is 9.79 Å². The highest BCUT2D eigenvalue weighted by molar-refractivity contribution is 6.38. The summed E-state index contributed by atoms with van der Waals surface area (Å²) in [6, 6.07) is 1.55. The number of ether oxygens (including phenoxy) is 2. The van der Waals surface area contributed by atoms with Crippen molar-refractivity contribution in [3.63, 3.8) is 0 Å². The Bertz CT molecular complexity index is 740. The van der Waals surface area contributed by atoms with Crippen molar-refractivity contribution in [3.8, 4) is 5.75 Å². The topological polar surface area (TPSA) is 123 Å². The first-order valence-corrected chi connectivity index (χ1v) is 7.87. The maximum Gasteiger partial charge on any atom is 0.339 e.